The maximum atomic E-state index is 12.9. The monoisotopic (exact) mass is 541 g/mol. The molecule has 1 amide bonds. The number of carbonyl (C=O) groups is 1. The summed E-state index contributed by atoms with van der Waals surface area (Å²) < 4.78 is 1.94. The number of hydrogen-bond acceptors (Lipinski definition) is 6. The molecule has 0 atom stereocenters. The van der Waals surface area contributed by atoms with Crippen LogP contribution in [-0.4, -0.2) is 46.1 Å². The molecular weight excluding hydrogens is 521 g/mol. The van der Waals surface area contributed by atoms with Gasteiger partial charge in [0.1, 0.15) is 30.9 Å². The fourth-order valence-corrected chi connectivity index (χ4v) is 4.20. The molecule has 0 saturated heterocycles. The lowest BCUT2D eigenvalue weighted by atomic mass is 10.1. The van der Waals surface area contributed by atoms with Gasteiger partial charge in [-0.1, -0.05) is 17.7 Å². The van der Waals surface area contributed by atoms with Gasteiger partial charge in [-0.15, -0.1) is 16.6 Å². The summed E-state index contributed by atoms with van der Waals surface area (Å²) in [4.78, 5) is 21.6. The fraction of sp³-hybridized carbons (Fsp3) is 0.160. The third-order valence-corrected chi connectivity index (χ3v) is 5.96. The molecule has 2 N–H and O–H groups in total. The largest absolute Gasteiger partial charge is 1.00 e. The minimum absolute atomic E-state index is 0. The first-order valence-electron chi connectivity index (χ1n) is 11.1. The Morgan fingerprint density at radius 3 is 2.64 bits per heavy atom. The van der Waals surface area contributed by atoms with Gasteiger partial charge in [0.15, 0.2) is 6.54 Å². The summed E-state index contributed by atoms with van der Waals surface area (Å²) in [5, 5.41) is 14.1. The summed E-state index contributed by atoms with van der Waals surface area (Å²) in [6.45, 7) is 2.33. The number of fused-ring (bicyclic) bond motifs is 1. The number of nitrogens with one attached hydrogen (secondary N) is 2. The second-order valence-corrected chi connectivity index (χ2v) is 8.76. The maximum Gasteiger partial charge on any atom is 0.255 e. The van der Waals surface area contributed by atoms with Gasteiger partial charge in [-0.05, 0) is 60.7 Å². The van der Waals surface area contributed by atoms with E-state index >= 15 is 0 Å². The Bertz CT molecular complexity index is 1410. The summed E-state index contributed by atoms with van der Waals surface area (Å²) in [7, 11) is 0. The molecule has 0 aliphatic carbocycles. The van der Waals surface area contributed by atoms with Gasteiger partial charge < -0.3 is 23.0 Å². The highest BCUT2D eigenvalue weighted by Crippen LogP contribution is 2.27. The van der Waals surface area contributed by atoms with Crippen molar-refractivity contribution in [2.24, 2.45) is 5.22 Å². The molecule has 0 radical (unpaired) electrons. The molecule has 5 rings (SSSR count). The van der Waals surface area contributed by atoms with Gasteiger partial charge in [0.2, 0.25) is 0 Å². The number of aromatic nitrogens is 2. The molecule has 1 aliphatic rings. The topological polar surface area (TPSA) is 85.5 Å². The highest BCUT2D eigenvalue weighted by atomic mass is 35.5. The predicted octanol–water partition coefficient (Wildman–Crippen LogP) is 2.72. The number of benzene rings is 3. The van der Waals surface area contributed by atoms with Crippen molar-refractivity contribution in [2.75, 3.05) is 41.2 Å². The molecule has 0 bridgehead atoms. The van der Waals surface area contributed by atoms with Crippen molar-refractivity contribution in [3.05, 3.63) is 83.6 Å². The van der Waals surface area contributed by atoms with E-state index in [9.17, 15) is 4.79 Å². The van der Waals surface area contributed by atoms with Crippen molar-refractivity contribution in [1.82, 2.24) is 9.97 Å². The molecular formula is C25H22Cl3N7O. The van der Waals surface area contributed by atoms with Crippen LogP contribution in [0.3, 0.4) is 0 Å². The molecule has 1 aromatic heterocycles. The van der Waals surface area contributed by atoms with E-state index in [4.69, 9.17) is 23.2 Å². The number of carbonyl (C=O) groups excluding carboxylic acids is 1. The quantitative estimate of drug-likeness (QED) is 0.277. The smallest absolute Gasteiger partial charge is 0.255 e. The molecule has 4 aromatic rings. The summed E-state index contributed by atoms with van der Waals surface area (Å²) >= 11 is 11.9. The third kappa shape index (κ3) is 5.84. The number of amides is 1. The Balaban J connectivity index is 0.00000304. The Labute approximate surface area is 224 Å². The van der Waals surface area contributed by atoms with E-state index in [1.165, 1.54) is 6.33 Å². The van der Waals surface area contributed by atoms with Crippen molar-refractivity contribution in [2.45, 2.75) is 0 Å². The van der Waals surface area contributed by atoms with Crippen LogP contribution in [-0.2, 0) is 0 Å². The number of nitrogens with zero attached hydrogens (tertiary/aromatic N) is 5. The first kappa shape index (κ1) is 25.6. The lowest BCUT2D eigenvalue weighted by Crippen LogP contribution is -3.00. The lowest BCUT2D eigenvalue weighted by molar-refractivity contribution is -0.575. The van der Waals surface area contributed by atoms with Gasteiger partial charge in [-0.25, -0.2) is 9.97 Å². The normalized spacial score (nSPS) is 12.7. The molecule has 1 aliphatic heterocycles. The van der Waals surface area contributed by atoms with Crippen LogP contribution in [0.4, 0.5) is 22.9 Å². The highest BCUT2D eigenvalue weighted by molar-refractivity contribution is 6.30. The second kappa shape index (κ2) is 11.5. The maximum absolute atomic E-state index is 12.9. The highest BCUT2D eigenvalue weighted by Gasteiger charge is 2.23. The summed E-state index contributed by atoms with van der Waals surface area (Å²) in [5.41, 5.74) is 3.68. The Morgan fingerprint density at radius 2 is 1.86 bits per heavy atom. The van der Waals surface area contributed by atoms with E-state index in [1.54, 1.807) is 18.2 Å². The molecule has 184 valence electrons. The zero-order valence-corrected chi connectivity index (χ0v) is 21.3. The van der Waals surface area contributed by atoms with Crippen LogP contribution in [0.25, 0.3) is 10.9 Å². The van der Waals surface area contributed by atoms with Crippen molar-refractivity contribution in [3.63, 3.8) is 0 Å². The van der Waals surface area contributed by atoms with Crippen molar-refractivity contribution in [3.8, 4) is 0 Å². The molecule has 11 heteroatoms. The predicted molar refractivity (Wildman–Crippen MR) is 139 cm³/mol. The molecule has 0 saturated carbocycles. The van der Waals surface area contributed by atoms with Crippen LogP contribution < -0.4 is 28.0 Å². The third-order valence-electron chi connectivity index (χ3n) is 5.56. The Morgan fingerprint density at radius 1 is 1.03 bits per heavy atom. The molecule has 2 heterocycles. The minimum atomic E-state index is -0.209. The van der Waals surface area contributed by atoms with Gasteiger partial charge >= 0.3 is 0 Å². The van der Waals surface area contributed by atoms with E-state index in [1.807, 2.05) is 58.2 Å². The minimum Gasteiger partial charge on any atom is -1.00 e. The molecule has 0 fully saturated rings. The van der Waals surface area contributed by atoms with Crippen molar-refractivity contribution >= 4 is 62.9 Å². The first-order valence-corrected chi connectivity index (χ1v) is 12.0. The number of alkyl halides is 1. The van der Waals surface area contributed by atoms with Crippen molar-refractivity contribution in [1.29, 1.82) is 0 Å². The second-order valence-electron chi connectivity index (χ2n) is 7.95. The zero-order chi connectivity index (χ0) is 24.2. The van der Waals surface area contributed by atoms with Crippen LogP contribution in [0.5, 0.6) is 0 Å². The van der Waals surface area contributed by atoms with Crippen LogP contribution in [0, 0.1) is 0 Å². The van der Waals surface area contributed by atoms with E-state index in [2.05, 4.69) is 25.8 Å². The van der Waals surface area contributed by atoms with Crippen LogP contribution >= 0.6 is 23.2 Å². The van der Waals surface area contributed by atoms with E-state index < -0.39 is 0 Å². The Kier molecular flexibility index (Phi) is 8.20. The fourth-order valence-electron chi connectivity index (χ4n) is 3.81. The number of anilines is 4. The molecule has 3 aromatic carbocycles. The van der Waals surface area contributed by atoms with Gasteiger partial charge in [0.05, 0.1) is 16.6 Å². The number of halogens is 3. The molecule has 36 heavy (non-hydrogen) atoms. The van der Waals surface area contributed by atoms with E-state index in [0.717, 1.165) is 35.4 Å². The Hall–Kier alpha value is -3.46. The van der Waals surface area contributed by atoms with E-state index in [0.29, 0.717) is 34.5 Å². The molecule has 8 nitrogen and oxygen atoms in total. The summed E-state index contributed by atoms with van der Waals surface area (Å²) in [5.74, 6) is 0.949. The molecule has 0 unspecified atom stereocenters. The SMILES string of the molecule is O=C(Nc1ccc2ncnc(Nc3cccc(Cl)c3)c2c1)c1ccc(N2CC[N+](CCCl)=N2)cc1.[Cl-]. The van der Waals surface area contributed by atoms with Crippen LogP contribution in [0.2, 0.25) is 5.02 Å². The van der Waals surface area contributed by atoms with Crippen LogP contribution in [0.1, 0.15) is 10.4 Å². The van der Waals surface area contributed by atoms with E-state index in [-0.39, 0.29) is 18.3 Å². The average molecular weight is 543 g/mol. The van der Waals surface area contributed by atoms with Gasteiger partial charge in [-0.2, -0.15) is 4.70 Å². The lowest BCUT2D eigenvalue weighted by Gasteiger charge is -2.11. The summed E-state index contributed by atoms with van der Waals surface area (Å²) in [6, 6.07) is 20.3. The average Bonchev–Trinajstić information content (AvgIpc) is 3.33. The molecule has 0 spiro atoms. The van der Waals surface area contributed by atoms with Gasteiger partial charge in [-0.3, -0.25) is 4.79 Å². The first-order chi connectivity index (χ1) is 17.1. The number of rotatable bonds is 7. The van der Waals surface area contributed by atoms with Crippen LogP contribution in [0.15, 0.2) is 78.3 Å². The standard InChI is InChI=1S/C25H21Cl2N7O.ClH/c26-10-11-33-12-13-34(32-33)21-7-4-17(5-8-21)25(35)31-20-6-9-23-22(15-20)24(29-16-28-23)30-19-3-1-2-18(27)14-19;/h1-9,14-16,32H,10-13H2;1H. The van der Waals surface area contributed by atoms with Gasteiger partial charge in [0, 0.05) is 27.3 Å². The zero-order valence-electron chi connectivity index (χ0n) is 19.0. The van der Waals surface area contributed by atoms with Gasteiger partial charge in [0.25, 0.3) is 5.91 Å². The summed E-state index contributed by atoms with van der Waals surface area (Å²) in [6.07, 6.45) is 1.50. The number of hydrogen-bond donors (Lipinski definition) is 2. The van der Waals surface area contributed by atoms with Crippen molar-refractivity contribution < 1.29 is 21.9 Å².